The van der Waals surface area contributed by atoms with Crippen LogP contribution in [0.5, 0.6) is 0 Å². The number of esters is 1. The predicted molar refractivity (Wildman–Crippen MR) is 104 cm³/mol. The van der Waals surface area contributed by atoms with Gasteiger partial charge in [-0.2, -0.15) is 0 Å². The normalized spacial score (nSPS) is 19.7. The highest BCUT2D eigenvalue weighted by Gasteiger charge is 2.27. The van der Waals surface area contributed by atoms with Gasteiger partial charge in [0.15, 0.2) is 0 Å². The van der Waals surface area contributed by atoms with Gasteiger partial charge < -0.3 is 14.5 Å². The standard InChI is InChI=1S/C21H27N3O2/c1-26-21(25)19-15-22-20(18-8-4-3-7-17(18)19)24-13-9-16(10-14-24)23-11-5-2-6-12-23/h3-4,7-8,15-16H,2,5-6,9-14H2,1H3. The Kier molecular flexibility index (Phi) is 5.07. The lowest BCUT2D eigenvalue weighted by Gasteiger charge is -2.40. The van der Waals surface area contributed by atoms with Crippen molar-refractivity contribution in [2.24, 2.45) is 0 Å². The molecule has 2 aliphatic rings. The van der Waals surface area contributed by atoms with Crippen molar-refractivity contribution in [3.8, 4) is 0 Å². The molecule has 138 valence electrons. The minimum atomic E-state index is -0.330. The molecule has 2 aromatic rings. The molecule has 2 fully saturated rings. The maximum Gasteiger partial charge on any atom is 0.340 e. The van der Waals surface area contributed by atoms with Gasteiger partial charge in [0.2, 0.25) is 0 Å². The second-order valence-electron chi connectivity index (χ2n) is 7.35. The maximum atomic E-state index is 12.1. The number of benzene rings is 1. The number of fused-ring (bicyclic) bond motifs is 1. The molecule has 3 heterocycles. The first-order valence-electron chi connectivity index (χ1n) is 9.73. The number of rotatable bonds is 3. The van der Waals surface area contributed by atoms with E-state index in [0.717, 1.165) is 29.7 Å². The van der Waals surface area contributed by atoms with Crippen LogP contribution in [-0.2, 0) is 4.74 Å². The third-order valence-electron chi connectivity index (χ3n) is 5.85. The van der Waals surface area contributed by atoms with Crippen LogP contribution in [0.25, 0.3) is 10.8 Å². The topological polar surface area (TPSA) is 45.7 Å². The number of hydrogen-bond donors (Lipinski definition) is 0. The molecule has 0 atom stereocenters. The van der Waals surface area contributed by atoms with Crippen LogP contribution in [0.2, 0.25) is 0 Å². The molecule has 1 aromatic heterocycles. The van der Waals surface area contributed by atoms with Gasteiger partial charge in [-0.05, 0) is 38.8 Å². The second-order valence-corrected chi connectivity index (χ2v) is 7.35. The second kappa shape index (κ2) is 7.62. The number of piperidine rings is 2. The van der Waals surface area contributed by atoms with Crippen LogP contribution in [-0.4, -0.2) is 55.2 Å². The number of ether oxygens (including phenoxy) is 1. The molecule has 2 saturated heterocycles. The van der Waals surface area contributed by atoms with E-state index < -0.39 is 0 Å². The van der Waals surface area contributed by atoms with Gasteiger partial charge >= 0.3 is 5.97 Å². The molecule has 1 aromatic carbocycles. The molecule has 26 heavy (non-hydrogen) atoms. The molecule has 5 heteroatoms. The van der Waals surface area contributed by atoms with Gasteiger partial charge in [-0.1, -0.05) is 30.7 Å². The summed E-state index contributed by atoms with van der Waals surface area (Å²) in [7, 11) is 1.41. The van der Waals surface area contributed by atoms with Crippen LogP contribution in [0.3, 0.4) is 0 Å². The Morgan fingerprint density at radius 1 is 1.04 bits per heavy atom. The van der Waals surface area contributed by atoms with Crippen LogP contribution >= 0.6 is 0 Å². The van der Waals surface area contributed by atoms with Crippen LogP contribution in [0.1, 0.15) is 42.5 Å². The molecule has 0 unspecified atom stereocenters. The van der Waals surface area contributed by atoms with Crippen LogP contribution in [0, 0.1) is 0 Å². The van der Waals surface area contributed by atoms with Gasteiger partial charge in [-0.15, -0.1) is 0 Å². The molecule has 0 radical (unpaired) electrons. The molecule has 5 nitrogen and oxygen atoms in total. The van der Waals surface area contributed by atoms with E-state index in [9.17, 15) is 4.79 Å². The summed E-state index contributed by atoms with van der Waals surface area (Å²) < 4.78 is 4.91. The average molecular weight is 353 g/mol. The third-order valence-corrected chi connectivity index (χ3v) is 5.85. The number of methoxy groups -OCH3 is 1. The zero-order chi connectivity index (χ0) is 17.9. The van der Waals surface area contributed by atoms with Crippen molar-refractivity contribution in [2.45, 2.75) is 38.1 Å². The fourth-order valence-electron chi connectivity index (χ4n) is 4.43. The van der Waals surface area contributed by atoms with Crippen LogP contribution in [0.15, 0.2) is 30.5 Å². The first-order chi connectivity index (χ1) is 12.8. The largest absolute Gasteiger partial charge is 0.465 e. The summed E-state index contributed by atoms with van der Waals surface area (Å²) in [6, 6.07) is 8.72. The summed E-state index contributed by atoms with van der Waals surface area (Å²) in [4.78, 5) is 21.8. The van der Waals surface area contributed by atoms with Crippen molar-refractivity contribution < 1.29 is 9.53 Å². The van der Waals surface area contributed by atoms with Crippen LogP contribution < -0.4 is 4.90 Å². The number of carbonyl (C=O) groups is 1. The average Bonchev–Trinajstić information content (AvgIpc) is 2.73. The molecule has 0 N–H and O–H groups in total. The van der Waals surface area contributed by atoms with E-state index in [2.05, 4.69) is 20.9 Å². The summed E-state index contributed by atoms with van der Waals surface area (Å²) >= 11 is 0. The monoisotopic (exact) mass is 353 g/mol. The van der Waals surface area contributed by atoms with E-state index in [1.54, 1.807) is 6.20 Å². The lowest BCUT2D eigenvalue weighted by molar-refractivity contribution is 0.0602. The van der Waals surface area contributed by atoms with Gasteiger partial charge in [0.25, 0.3) is 0 Å². The van der Waals surface area contributed by atoms with E-state index in [4.69, 9.17) is 4.74 Å². The Morgan fingerprint density at radius 2 is 1.73 bits per heavy atom. The highest BCUT2D eigenvalue weighted by atomic mass is 16.5. The highest BCUT2D eigenvalue weighted by molar-refractivity contribution is 6.07. The summed E-state index contributed by atoms with van der Waals surface area (Å²) in [5.74, 6) is 0.661. The van der Waals surface area contributed by atoms with Gasteiger partial charge in [0.1, 0.15) is 5.82 Å². The summed E-state index contributed by atoms with van der Waals surface area (Å²) in [5, 5.41) is 1.95. The highest BCUT2D eigenvalue weighted by Crippen LogP contribution is 2.30. The van der Waals surface area contributed by atoms with Gasteiger partial charge in [0.05, 0.1) is 12.7 Å². The first kappa shape index (κ1) is 17.3. The summed E-state index contributed by atoms with van der Waals surface area (Å²) in [5.41, 5.74) is 0.537. The number of likely N-dealkylation sites (tertiary alicyclic amines) is 1. The molecule has 0 amide bonds. The minimum absolute atomic E-state index is 0.330. The molecular weight excluding hydrogens is 326 g/mol. The van der Waals surface area contributed by atoms with Crippen LogP contribution in [0.4, 0.5) is 5.82 Å². The quantitative estimate of drug-likeness (QED) is 0.791. The van der Waals surface area contributed by atoms with E-state index in [-0.39, 0.29) is 5.97 Å². The zero-order valence-electron chi connectivity index (χ0n) is 15.5. The SMILES string of the molecule is COC(=O)c1cnc(N2CCC(N3CCCCC3)CC2)c2ccccc12. The van der Waals surface area contributed by atoms with E-state index in [1.165, 1.54) is 52.3 Å². The Hall–Kier alpha value is -2.14. The number of hydrogen-bond acceptors (Lipinski definition) is 5. The molecule has 2 aliphatic heterocycles. The zero-order valence-corrected chi connectivity index (χ0v) is 15.5. The molecule has 0 saturated carbocycles. The van der Waals surface area contributed by atoms with Gasteiger partial charge in [-0.25, -0.2) is 9.78 Å². The molecule has 0 spiro atoms. The molecule has 0 bridgehead atoms. The molecular formula is C21H27N3O2. The molecule has 4 rings (SSSR count). The summed E-state index contributed by atoms with van der Waals surface area (Å²) in [6.45, 7) is 4.57. The van der Waals surface area contributed by atoms with Crippen molar-refractivity contribution >= 4 is 22.6 Å². The fraction of sp³-hybridized carbons (Fsp3) is 0.524. The fourth-order valence-corrected chi connectivity index (χ4v) is 4.43. The number of carbonyl (C=O) groups excluding carboxylic acids is 1. The maximum absolute atomic E-state index is 12.1. The van der Waals surface area contributed by atoms with E-state index >= 15 is 0 Å². The minimum Gasteiger partial charge on any atom is -0.465 e. The number of pyridine rings is 1. The number of anilines is 1. The third kappa shape index (κ3) is 3.28. The Morgan fingerprint density at radius 3 is 2.42 bits per heavy atom. The smallest absolute Gasteiger partial charge is 0.340 e. The van der Waals surface area contributed by atoms with Gasteiger partial charge in [0, 0.05) is 36.1 Å². The number of nitrogens with zero attached hydrogens (tertiary/aromatic N) is 3. The molecule has 0 aliphatic carbocycles. The van der Waals surface area contributed by atoms with Crippen molar-refractivity contribution in [1.82, 2.24) is 9.88 Å². The first-order valence-corrected chi connectivity index (χ1v) is 9.73. The van der Waals surface area contributed by atoms with E-state index in [1.807, 2.05) is 18.2 Å². The summed E-state index contributed by atoms with van der Waals surface area (Å²) in [6.07, 6.45) is 8.13. The lowest BCUT2D eigenvalue weighted by atomic mass is 9.99. The number of aromatic nitrogens is 1. The Balaban J connectivity index is 1.55. The van der Waals surface area contributed by atoms with Crippen molar-refractivity contribution in [3.05, 3.63) is 36.0 Å². The predicted octanol–water partition coefficient (Wildman–Crippen LogP) is 3.48. The van der Waals surface area contributed by atoms with Crippen molar-refractivity contribution in [1.29, 1.82) is 0 Å². The van der Waals surface area contributed by atoms with Gasteiger partial charge in [-0.3, -0.25) is 0 Å². The van der Waals surface area contributed by atoms with Crippen molar-refractivity contribution in [3.63, 3.8) is 0 Å². The Labute approximate surface area is 154 Å². The van der Waals surface area contributed by atoms with E-state index in [0.29, 0.717) is 11.6 Å². The lowest BCUT2D eigenvalue weighted by Crippen LogP contribution is -2.47. The van der Waals surface area contributed by atoms with Crippen molar-refractivity contribution in [2.75, 3.05) is 38.2 Å². The Bertz CT molecular complexity index is 778.